The zero-order valence-corrected chi connectivity index (χ0v) is 12.2. The van der Waals surface area contributed by atoms with E-state index in [2.05, 4.69) is 6.58 Å². The van der Waals surface area contributed by atoms with E-state index in [1.165, 1.54) is 12.8 Å². The number of fused-ring (bicyclic) bond motifs is 1. The molecule has 2 rings (SSSR count). The molecule has 114 valence electrons. The van der Waals surface area contributed by atoms with E-state index in [1.54, 1.807) is 6.08 Å². The minimum Gasteiger partial charge on any atom is -0.395 e. The van der Waals surface area contributed by atoms with Gasteiger partial charge in [0.05, 0.1) is 31.9 Å². The van der Waals surface area contributed by atoms with Crippen molar-refractivity contribution >= 4 is 5.91 Å². The summed E-state index contributed by atoms with van der Waals surface area (Å²) in [5, 5.41) is 9.05. The molecule has 1 heterocycles. The summed E-state index contributed by atoms with van der Waals surface area (Å²) < 4.78 is 5.80. The van der Waals surface area contributed by atoms with Crippen molar-refractivity contribution in [1.82, 2.24) is 9.80 Å². The van der Waals surface area contributed by atoms with Gasteiger partial charge in [0.1, 0.15) is 0 Å². The predicted octanol–water partition coefficient (Wildman–Crippen LogP) is 0.637. The lowest BCUT2D eigenvalue weighted by atomic mass is 9.90. The molecule has 0 aromatic carbocycles. The van der Waals surface area contributed by atoms with Crippen LogP contribution < -0.4 is 0 Å². The molecule has 5 heteroatoms. The number of morpholine rings is 1. The van der Waals surface area contributed by atoms with Gasteiger partial charge in [-0.2, -0.15) is 0 Å². The number of rotatable bonds is 6. The average Bonchev–Trinajstić information content (AvgIpc) is 2.47. The molecule has 2 atom stereocenters. The Labute approximate surface area is 121 Å². The first-order valence-corrected chi connectivity index (χ1v) is 7.61. The normalized spacial score (nSPS) is 26.4. The van der Waals surface area contributed by atoms with E-state index >= 15 is 0 Å². The zero-order valence-electron chi connectivity index (χ0n) is 12.2. The van der Waals surface area contributed by atoms with E-state index < -0.39 is 0 Å². The molecule has 0 spiro atoms. The molecule has 1 saturated carbocycles. The van der Waals surface area contributed by atoms with Crippen LogP contribution in [0.2, 0.25) is 0 Å². The van der Waals surface area contributed by atoms with Gasteiger partial charge in [-0.05, 0) is 12.8 Å². The second-order valence-electron chi connectivity index (χ2n) is 5.60. The molecule has 0 bridgehead atoms. The molecule has 20 heavy (non-hydrogen) atoms. The van der Waals surface area contributed by atoms with Crippen molar-refractivity contribution in [1.29, 1.82) is 0 Å². The average molecular weight is 282 g/mol. The van der Waals surface area contributed by atoms with Crippen LogP contribution in [0.5, 0.6) is 0 Å². The Morgan fingerprint density at radius 3 is 3.00 bits per heavy atom. The number of amides is 1. The van der Waals surface area contributed by atoms with Gasteiger partial charge in [-0.25, -0.2) is 0 Å². The van der Waals surface area contributed by atoms with E-state index in [4.69, 9.17) is 9.84 Å². The third-order valence-electron chi connectivity index (χ3n) is 4.21. The van der Waals surface area contributed by atoms with Crippen LogP contribution in [-0.2, 0) is 9.53 Å². The molecular weight excluding hydrogens is 256 g/mol. The lowest BCUT2D eigenvalue weighted by Gasteiger charge is -2.44. The van der Waals surface area contributed by atoms with Crippen molar-refractivity contribution in [3.05, 3.63) is 12.7 Å². The highest BCUT2D eigenvalue weighted by Crippen LogP contribution is 2.28. The number of aliphatic hydroxyl groups excluding tert-OH is 1. The van der Waals surface area contributed by atoms with Crippen LogP contribution in [0.25, 0.3) is 0 Å². The molecule has 0 aromatic rings. The molecule has 1 N–H and O–H groups in total. The molecule has 1 amide bonds. The molecular formula is C15H26N2O3. The summed E-state index contributed by atoms with van der Waals surface area (Å²) in [5.74, 6) is 0.153. The molecule has 5 nitrogen and oxygen atoms in total. The van der Waals surface area contributed by atoms with Gasteiger partial charge in [-0.15, -0.1) is 6.58 Å². The summed E-state index contributed by atoms with van der Waals surface area (Å²) >= 11 is 0. The summed E-state index contributed by atoms with van der Waals surface area (Å²) in [4.78, 5) is 16.5. The van der Waals surface area contributed by atoms with Crippen LogP contribution in [0.4, 0.5) is 0 Å². The van der Waals surface area contributed by atoms with Gasteiger partial charge < -0.3 is 14.7 Å². The van der Waals surface area contributed by atoms with Gasteiger partial charge in [-0.1, -0.05) is 18.9 Å². The van der Waals surface area contributed by atoms with Crippen LogP contribution in [0.3, 0.4) is 0 Å². The van der Waals surface area contributed by atoms with Crippen LogP contribution in [0.15, 0.2) is 12.7 Å². The van der Waals surface area contributed by atoms with Crippen molar-refractivity contribution in [2.75, 3.05) is 39.4 Å². The minimum absolute atomic E-state index is 0.0658. The topological polar surface area (TPSA) is 53.0 Å². The summed E-state index contributed by atoms with van der Waals surface area (Å²) in [7, 11) is 0. The molecule has 2 fully saturated rings. The van der Waals surface area contributed by atoms with Crippen LogP contribution in [-0.4, -0.2) is 72.4 Å². The summed E-state index contributed by atoms with van der Waals surface area (Å²) in [6, 6.07) is 0.254. The Kier molecular flexibility index (Phi) is 6.01. The van der Waals surface area contributed by atoms with Crippen molar-refractivity contribution in [2.45, 2.75) is 37.8 Å². The fourth-order valence-electron chi connectivity index (χ4n) is 3.25. The van der Waals surface area contributed by atoms with Crippen molar-refractivity contribution in [3.8, 4) is 0 Å². The predicted molar refractivity (Wildman–Crippen MR) is 77.4 cm³/mol. The van der Waals surface area contributed by atoms with Crippen molar-refractivity contribution < 1.29 is 14.6 Å². The monoisotopic (exact) mass is 282 g/mol. The molecule has 0 radical (unpaired) electrons. The third-order valence-corrected chi connectivity index (χ3v) is 4.21. The second-order valence-corrected chi connectivity index (χ2v) is 5.60. The fourth-order valence-corrected chi connectivity index (χ4v) is 3.25. The first kappa shape index (κ1) is 15.5. The van der Waals surface area contributed by atoms with Crippen LogP contribution in [0, 0.1) is 0 Å². The Morgan fingerprint density at radius 2 is 2.25 bits per heavy atom. The Hall–Kier alpha value is -0.910. The number of hydrogen-bond donors (Lipinski definition) is 1. The van der Waals surface area contributed by atoms with E-state index in [1.807, 2.05) is 9.80 Å². The summed E-state index contributed by atoms with van der Waals surface area (Å²) in [6.07, 6.45) is 6.51. The zero-order chi connectivity index (χ0) is 14.4. The van der Waals surface area contributed by atoms with E-state index in [0.29, 0.717) is 32.8 Å². The molecule has 1 aliphatic carbocycles. The molecule has 1 saturated heterocycles. The lowest BCUT2D eigenvalue weighted by Crippen LogP contribution is -2.56. The Bertz CT molecular complexity index is 333. The number of hydrogen-bond acceptors (Lipinski definition) is 4. The highest BCUT2D eigenvalue weighted by atomic mass is 16.5. The van der Waals surface area contributed by atoms with Crippen LogP contribution in [0.1, 0.15) is 25.7 Å². The number of aliphatic hydroxyl groups is 1. The van der Waals surface area contributed by atoms with E-state index in [0.717, 1.165) is 12.8 Å². The Balaban J connectivity index is 1.93. The van der Waals surface area contributed by atoms with Gasteiger partial charge in [-0.3, -0.25) is 9.69 Å². The highest BCUT2D eigenvalue weighted by Gasteiger charge is 2.36. The quantitative estimate of drug-likeness (QED) is 0.726. The molecule has 1 aliphatic heterocycles. The summed E-state index contributed by atoms with van der Waals surface area (Å²) in [6.45, 7) is 6.61. The maximum absolute atomic E-state index is 12.5. The maximum Gasteiger partial charge on any atom is 0.237 e. The van der Waals surface area contributed by atoms with Gasteiger partial charge in [0.25, 0.3) is 0 Å². The second kappa shape index (κ2) is 7.76. The fraction of sp³-hybridized carbons (Fsp3) is 0.800. The number of carbonyl (C=O) groups excluding carboxylic acids is 1. The minimum atomic E-state index is 0.0658. The maximum atomic E-state index is 12.5. The van der Waals surface area contributed by atoms with Crippen LogP contribution >= 0.6 is 0 Å². The SMILES string of the molecule is C=CCN(CCO)CC(=O)N1CCOC2CCCCC21. The third kappa shape index (κ3) is 3.81. The first-order chi connectivity index (χ1) is 9.76. The van der Waals surface area contributed by atoms with Gasteiger partial charge in [0, 0.05) is 19.6 Å². The van der Waals surface area contributed by atoms with Gasteiger partial charge in [0.15, 0.2) is 0 Å². The van der Waals surface area contributed by atoms with Crippen molar-refractivity contribution in [3.63, 3.8) is 0 Å². The molecule has 2 unspecified atom stereocenters. The lowest BCUT2D eigenvalue weighted by molar-refractivity contribution is -0.150. The van der Waals surface area contributed by atoms with Gasteiger partial charge >= 0.3 is 0 Å². The highest BCUT2D eigenvalue weighted by molar-refractivity contribution is 5.78. The number of carbonyl (C=O) groups is 1. The smallest absolute Gasteiger partial charge is 0.237 e. The largest absolute Gasteiger partial charge is 0.395 e. The van der Waals surface area contributed by atoms with E-state index in [9.17, 15) is 4.79 Å². The molecule has 0 aromatic heterocycles. The Morgan fingerprint density at radius 1 is 1.45 bits per heavy atom. The molecule has 2 aliphatic rings. The van der Waals surface area contributed by atoms with Gasteiger partial charge in [0.2, 0.25) is 5.91 Å². The number of ether oxygens (including phenoxy) is 1. The van der Waals surface area contributed by atoms with Crippen molar-refractivity contribution in [2.24, 2.45) is 0 Å². The first-order valence-electron chi connectivity index (χ1n) is 7.61. The summed E-state index contributed by atoms with van der Waals surface area (Å²) in [5.41, 5.74) is 0. The number of nitrogens with zero attached hydrogens (tertiary/aromatic N) is 2. The van der Waals surface area contributed by atoms with E-state index in [-0.39, 0.29) is 24.7 Å². The standard InChI is InChI=1S/C15H26N2O3/c1-2-7-16(8-10-18)12-15(19)17-9-11-20-14-6-4-3-5-13(14)17/h2,13-14,18H,1,3-12H2.